The van der Waals surface area contributed by atoms with E-state index in [-0.39, 0.29) is 33.2 Å². The van der Waals surface area contributed by atoms with Crippen molar-refractivity contribution in [2.24, 2.45) is 0 Å². The van der Waals surface area contributed by atoms with E-state index in [1.165, 1.54) is 24.1 Å². The number of carbonyl (C=O) groups excluding carboxylic acids is 2. The second kappa shape index (κ2) is 7.16. The fraction of sp³-hybridized carbons (Fsp3) is 0.312. The normalized spacial score (nSPS) is 11.2. The number of hydrogen-bond acceptors (Lipinski definition) is 8. The van der Waals surface area contributed by atoms with Gasteiger partial charge in [0.1, 0.15) is 16.9 Å². The van der Waals surface area contributed by atoms with Crippen molar-refractivity contribution in [2.75, 3.05) is 20.5 Å². The van der Waals surface area contributed by atoms with E-state index < -0.39 is 21.6 Å². The van der Waals surface area contributed by atoms with Crippen LogP contribution < -0.4 is 4.74 Å². The van der Waals surface area contributed by atoms with Gasteiger partial charge in [-0.15, -0.1) is 0 Å². The molecule has 1 N–H and O–H groups in total. The van der Waals surface area contributed by atoms with Crippen LogP contribution >= 0.6 is 0 Å². The molecule has 0 atom stereocenters. The number of esters is 1. The molecule has 2 rings (SSSR count). The van der Waals surface area contributed by atoms with Gasteiger partial charge in [-0.1, -0.05) is 0 Å². The third-order valence-corrected chi connectivity index (χ3v) is 4.85. The van der Waals surface area contributed by atoms with Crippen LogP contribution in [0.15, 0.2) is 23.2 Å². The average Bonchev–Trinajstić information content (AvgIpc) is 2.98. The molecule has 0 radical (unpaired) electrons. The van der Waals surface area contributed by atoms with Crippen molar-refractivity contribution in [3.05, 3.63) is 35.0 Å². The number of ketones is 1. The van der Waals surface area contributed by atoms with E-state index >= 15 is 0 Å². The first kappa shape index (κ1) is 19.4. The predicted molar refractivity (Wildman–Crippen MR) is 90.4 cm³/mol. The first-order valence-corrected chi connectivity index (χ1v) is 9.35. The van der Waals surface area contributed by atoms with E-state index in [0.717, 1.165) is 19.4 Å². The summed E-state index contributed by atoms with van der Waals surface area (Å²) in [4.78, 5) is 24.6. The van der Waals surface area contributed by atoms with E-state index in [9.17, 15) is 23.1 Å². The SMILES string of the molecule is CCn1ncc(C(=O)c2ccc(S(C)(=O)=O)c(C(=O)OC)c2OC)c1O. The molecule has 0 amide bonds. The van der Waals surface area contributed by atoms with E-state index in [2.05, 4.69) is 9.84 Å². The summed E-state index contributed by atoms with van der Waals surface area (Å²) < 4.78 is 35.0. The number of ether oxygens (including phenoxy) is 2. The number of methoxy groups -OCH3 is 2. The van der Waals surface area contributed by atoms with Crippen molar-refractivity contribution in [3.8, 4) is 11.6 Å². The Hall–Kier alpha value is -2.88. The minimum absolute atomic E-state index is 0.104. The Balaban J connectivity index is 2.76. The summed E-state index contributed by atoms with van der Waals surface area (Å²) in [5.41, 5.74) is -0.593. The van der Waals surface area contributed by atoms with Crippen molar-refractivity contribution in [3.63, 3.8) is 0 Å². The Bertz CT molecular complexity index is 977. The number of hydrogen-bond donors (Lipinski definition) is 1. The second-order valence-corrected chi connectivity index (χ2v) is 7.29. The third-order valence-electron chi connectivity index (χ3n) is 3.71. The van der Waals surface area contributed by atoms with Gasteiger partial charge in [0.05, 0.1) is 30.9 Å². The molecule has 9 nitrogen and oxygen atoms in total. The topological polar surface area (TPSA) is 125 Å². The predicted octanol–water partition coefficient (Wildman–Crippen LogP) is 1.04. The molecule has 0 aliphatic heterocycles. The Morgan fingerprint density at radius 2 is 1.88 bits per heavy atom. The fourth-order valence-electron chi connectivity index (χ4n) is 2.48. The molecule has 2 aromatic rings. The lowest BCUT2D eigenvalue weighted by Gasteiger charge is -2.14. The van der Waals surface area contributed by atoms with Gasteiger partial charge in [0, 0.05) is 12.8 Å². The van der Waals surface area contributed by atoms with E-state index in [1.807, 2.05) is 0 Å². The van der Waals surface area contributed by atoms with Crippen LogP contribution in [0, 0.1) is 0 Å². The molecule has 10 heteroatoms. The maximum absolute atomic E-state index is 12.8. The number of nitrogens with zero attached hydrogens (tertiary/aromatic N) is 2. The van der Waals surface area contributed by atoms with Crippen molar-refractivity contribution >= 4 is 21.6 Å². The lowest BCUT2D eigenvalue weighted by atomic mass is 10.0. The molecular weight excluding hydrogens is 364 g/mol. The Labute approximate surface area is 150 Å². The summed E-state index contributed by atoms with van der Waals surface area (Å²) in [6.07, 6.45) is 2.11. The molecule has 0 saturated heterocycles. The zero-order valence-electron chi connectivity index (χ0n) is 14.6. The third kappa shape index (κ3) is 3.27. The van der Waals surface area contributed by atoms with Crippen LogP contribution in [-0.2, 0) is 21.1 Å². The van der Waals surface area contributed by atoms with Gasteiger partial charge in [-0.05, 0) is 19.1 Å². The van der Waals surface area contributed by atoms with Crippen LogP contribution in [-0.4, -0.2) is 55.5 Å². The van der Waals surface area contributed by atoms with Gasteiger partial charge in [0.2, 0.25) is 11.7 Å². The van der Waals surface area contributed by atoms with Gasteiger partial charge in [-0.3, -0.25) is 4.79 Å². The monoisotopic (exact) mass is 382 g/mol. The first-order chi connectivity index (χ1) is 12.2. The number of aryl methyl sites for hydroxylation is 1. The van der Waals surface area contributed by atoms with Crippen LogP contribution in [0.2, 0.25) is 0 Å². The molecule has 0 aliphatic rings. The Kier molecular flexibility index (Phi) is 5.36. The Morgan fingerprint density at radius 3 is 2.35 bits per heavy atom. The zero-order chi connectivity index (χ0) is 19.6. The van der Waals surface area contributed by atoms with E-state index in [0.29, 0.717) is 6.54 Å². The van der Waals surface area contributed by atoms with Crippen molar-refractivity contribution in [2.45, 2.75) is 18.4 Å². The highest BCUT2D eigenvalue weighted by Gasteiger charge is 2.30. The van der Waals surface area contributed by atoms with Crippen LogP contribution in [0.5, 0.6) is 11.6 Å². The number of sulfone groups is 1. The molecule has 0 fully saturated rings. The molecule has 1 aromatic heterocycles. The smallest absolute Gasteiger partial charge is 0.343 e. The fourth-order valence-corrected chi connectivity index (χ4v) is 3.34. The van der Waals surface area contributed by atoms with E-state index in [4.69, 9.17) is 4.74 Å². The maximum Gasteiger partial charge on any atom is 0.343 e. The molecule has 1 aromatic carbocycles. The molecule has 0 unspecified atom stereocenters. The summed E-state index contributed by atoms with van der Waals surface area (Å²) in [5.74, 6) is -2.24. The number of aromatic hydroxyl groups is 1. The average molecular weight is 382 g/mol. The van der Waals surface area contributed by atoms with Gasteiger partial charge in [-0.2, -0.15) is 5.10 Å². The molecule has 0 saturated carbocycles. The van der Waals surface area contributed by atoms with Gasteiger partial charge < -0.3 is 14.6 Å². The van der Waals surface area contributed by atoms with Crippen molar-refractivity contribution < 1.29 is 32.6 Å². The van der Waals surface area contributed by atoms with Crippen LogP contribution in [0.25, 0.3) is 0 Å². The number of aromatic nitrogens is 2. The lowest BCUT2D eigenvalue weighted by molar-refractivity contribution is 0.0592. The molecule has 1 heterocycles. The molecule has 0 bridgehead atoms. The van der Waals surface area contributed by atoms with Crippen LogP contribution in [0.4, 0.5) is 0 Å². The van der Waals surface area contributed by atoms with Gasteiger partial charge in [0.15, 0.2) is 9.84 Å². The summed E-state index contributed by atoms with van der Waals surface area (Å²) in [7, 11) is -1.52. The number of carbonyl (C=O) groups is 2. The minimum Gasteiger partial charge on any atom is -0.495 e. The van der Waals surface area contributed by atoms with Crippen LogP contribution in [0.1, 0.15) is 33.2 Å². The number of benzene rings is 1. The number of rotatable bonds is 6. The van der Waals surface area contributed by atoms with Crippen molar-refractivity contribution in [1.29, 1.82) is 0 Å². The van der Waals surface area contributed by atoms with Crippen molar-refractivity contribution in [1.82, 2.24) is 9.78 Å². The van der Waals surface area contributed by atoms with Gasteiger partial charge in [-0.25, -0.2) is 17.9 Å². The zero-order valence-corrected chi connectivity index (χ0v) is 15.5. The highest BCUT2D eigenvalue weighted by atomic mass is 32.2. The largest absolute Gasteiger partial charge is 0.495 e. The molecule has 26 heavy (non-hydrogen) atoms. The second-order valence-electron chi connectivity index (χ2n) is 5.31. The Morgan fingerprint density at radius 1 is 1.23 bits per heavy atom. The highest BCUT2D eigenvalue weighted by molar-refractivity contribution is 7.90. The minimum atomic E-state index is -3.79. The molecule has 140 valence electrons. The first-order valence-electron chi connectivity index (χ1n) is 7.46. The molecular formula is C16H18N2O7S. The highest BCUT2D eigenvalue weighted by Crippen LogP contribution is 2.33. The standard InChI is InChI=1S/C16H18N2O7S/c1-5-18-15(20)10(8-17-18)13(19)9-6-7-11(26(4,22)23)12(14(9)24-2)16(21)25-3/h6-8,20H,5H2,1-4H3. The summed E-state index contributed by atoms with van der Waals surface area (Å²) in [5, 5.41) is 14.0. The molecule has 0 spiro atoms. The van der Waals surface area contributed by atoms with Gasteiger partial charge in [0.25, 0.3) is 0 Å². The van der Waals surface area contributed by atoms with Gasteiger partial charge >= 0.3 is 5.97 Å². The van der Waals surface area contributed by atoms with Crippen LogP contribution in [0.3, 0.4) is 0 Å². The lowest BCUT2D eigenvalue weighted by Crippen LogP contribution is -2.15. The summed E-state index contributed by atoms with van der Waals surface area (Å²) in [6, 6.07) is 2.34. The summed E-state index contributed by atoms with van der Waals surface area (Å²) >= 11 is 0. The maximum atomic E-state index is 12.8. The van der Waals surface area contributed by atoms with E-state index in [1.54, 1.807) is 6.92 Å². The summed E-state index contributed by atoms with van der Waals surface area (Å²) in [6.45, 7) is 2.08. The quantitative estimate of drug-likeness (QED) is 0.580. The molecule has 0 aliphatic carbocycles.